The SMILES string of the molecule is COc1ccc(-[n+]2[nH]oc(=O)c2CN(C2CC2)C2CC(=O)N(c3ccc(N=Nc4ccccc4)cc3)C2=O)cc1. The van der Waals surface area contributed by atoms with Gasteiger partial charge in [-0.3, -0.25) is 19.0 Å². The Morgan fingerprint density at radius 2 is 1.62 bits per heavy atom. The van der Waals surface area contributed by atoms with E-state index in [4.69, 9.17) is 9.26 Å². The first-order chi connectivity index (χ1) is 19.5. The molecule has 1 aliphatic heterocycles. The predicted octanol–water partition coefficient (Wildman–Crippen LogP) is 3.97. The van der Waals surface area contributed by atoms with E-state index in [2.05, 4.69) is 15.5 Å². The molecule has 1 saturated heterocycles. The molecule has 2 aliphatic rings. The zero-order valence-electron chi connectivity index (χ0n) is 21.8. The number of carbonyl (C=O) groups excluding carboxylic acids is 2. The quantitative estimate of drug-likeness (QED) is 0.195. The summed E-state index contributed by atoms with van der Waals surface area (Å²) in [4.78, 5) is 42.6. The molecule has 0 radical (unpaired) electrons. The molecule has 4 aromatic rings. The van der Waals surface area contributed by atoms with E-state index < -0.39 is 11.7 Å². The maximum absolute atomic E-state index is 13.6. The van der Waals surface area contributed by atoms with Crippen LogP contribution < -0.4 is 19.9 Å². The second kappa shape index (κ2) is 10.7. The van der Waals surface area contributed by atoms with Gasteiger partial charge in [0.05, 0.1) is 43.2 Å². The normalized spacial score (nSPS) is 17.4. The molecule has 1 aromatic heterocycles. The number of amides is 2. The summed E-state index contributed by atoms with van der Waals surface area (Å²) in [6, 6.07) is 22.7. The third-order valence-electron chi connectivity index (χ3n) is 7.08. The lowest BCUT2D eigenvalue weighted by Crippen LogP contribution is -2.47. The van der Waals surface area contributed by atoms with Crippen LogP contribution in [0.25, 0.3) is 5.69 Å². The van der Waals surface area contributed by atoms with Crippen molar-refractivity contribution < 1.29 is 23.5 Å². The lowest BCUT2D eigenvalue weighted by Gasteiger charge is -2.25. The summed E-state index contributed by atoms with van der Waals surface area (Å²) in [5, 5.41) is 11.1. The summed E-state index contributed by atoms with van der Waals surface area (Å²) >= 11 is 0. The lowest BCUT2D eigenvalue weighted by atomic mass is 10.2. The first kappa shape index (κ1) is 25.4. The fourth-order valence-electron chi connectivity index (χ4n) is 4.87. The van der Waals surface area contributed by atoms with Gasteiger partial charge in [0.2, 0.25) is 11.6 Å². The summed E-state index contributed by atoms with van der Waals surface area (Å²) in [6.45, 7) is 0.152. The number of nitrogens with zero attached hydrogens (tertiary/aromatic N) is 5. The van der Waals surface area contributed by atoms with Crippen molar-refractivity contribution >= 4 is 28.9 Å². The van der Waals surface area contributed by atoms with Crippen LogP contribution in [0.1, 0.15) is 25.0 Å². The molecule has 6 rings (SSSR count). The van der Waals surface area contributed by atoms with E-state index >= 15 is 0 Å². The van der Waals surface area contributed by atoms with Gasteiger partial charge in [-0.05, 0) is 71.3 Å². The summed E-state index contributed by atoms with van der Waals surface area (Å²) < 4.78 is 11.9. The highest BCUT2D eigenvalue weighted by Crippen LogP contribution is 2.35. The Balaban J connectivity index is 1.21. The Hall–Kier alpha value is -4.90. The number of benzene rings is 3. The number of anilines is 1. The van der Waals surface area contributed by atoms with Crippen LogP contribution in [0.3, 0.4) is 0 Å². The Morgan fingerprint density at radius 1 is 0.950 bits per heavy atom. The average molecular weight is 540 g/mol. The maximum atomic E-state index is 13.6. The molecule has 11 heteroatoms. The van der Waals surface area contributed by atoms with Crippen molar-refractivity contribution in [3.8, 4) is 11.4 Å². The molecule has 1 unspecified atom stereocenters. The minimum atomic E-state index is -0.684. The molecule has 2 heterocycles. The molecule has 0 spiro atoms. The topological polar surface area (TPSA) is 124 Å². The molecule has 0 bridgehead atoms. The van der Waals surface area contributed by atoms with Crippen LogP contribution in [-0.2, 0) is 16.1 Å². The van der Waals surface area contributed by atoms with Gasteiger partial charge in [-0.1, -0.05) is 18.2 Å². The lowest BCUT2D eigenvalue weighted by molar-refractivity contribution is -0.678. The number of aromatic amines is 1. The molecule has 40 heavy (non-hydrogen) atoms. The number of rotatable bonds is 9. The molecular weight excluding hydrogens is 512 g/mol. The summed E-state index contributed by atoms with van der Waals surface area (Å²) in [5.41, 5.74) is 2.28. The number of aromatic nitrogens is 2. The molecule has 2 amide bonds. The molecular formula is C29H27N6O5+. The summed E-state index contributed by atoms with van der Waals surface area (Å²) in [6.07, 6.45) is 1.80. The van der Waals surface area contributed by atoms with Crippen molar-refractivity contribution in [2.24, 2.45) is 10.2 Å². The van der Waals surface area contributed by atoms with Crippen molar-refractivity contribution in [1.82, 2.24) is 10.2 Å². The van der Waals surface area contributed by atoms with Gasteiger partial charge in [-0.25, -0.2) is 9.69 Å². The number of ether oxygens (including phenoxy) is 1. The minimum absolute atomic E-state index is 0.0308. The first-order valence-electron chi connectivity index (χ1n) is 13.0. The predicted molar refractivity (Wildman–Crippen MR) is 144 cm³/mol. The van der Waals surface area contributed by atoms with Crippen LogP contribution >= 0.6 is 0 Å². The van der Waals surface area contributed by atoms with Crippen molar-refractivity contribution in [2.45, 2.75) is 37.9 Å². The van der Waals surface area contributed by atoms with E-state index in [1.165, 1.54) is 4.90 Å². The number of hydrogen-bond donors (Lipinski definition) is 1. The fourth-order valence-corrected chi connectivity index (χ4v) is 4.87. The van der Waals surface area contributed by atoms with Crippen molar-refractivity contribution in [1.29, 1.82) is 0 Å². The molecule has 1 N–H and O–H groups in total. The third kappa shape index (κ3) is 5.06. The number of H-pyrrole nitrogens is 1. The van der Waals surface area contributed by atoms with Crippen LogP contribution in [0.5, 0.6) is 5.75 Å². The maximum Gasteiger partial charge on any atom is 0.431 e. The van der Waals surface area contributed by atoms with Crippen molar-refractivity contribution in [2.75, 3.05) is 12.0 Å². The summed E-state index contributed by atoms with van der Waals surface area (Å²) in [7, 11) is 1.58. The van der Waals surface area contributed by atoms with Crippen LogP contribution in [0.2, 0.25) is 0 Å². The number of methoxy groups -OCH3 is 1. The van der Waals surface area contributed by atoms with E-state index in [0.717, 1.165) is 18.5 Å². The third-order valence-corrected chi connectivity index (χ3v) is 7.08. The highest BCUT2D eigenvalue weighted by Gasteiger charge is 2.48. The van der Waals surface area contributed by atoms with E-state index in [9.17, 15) is 14.4 Å². The zero-order valence-corrected chi connectivity index (χ0v) is 21.8. The van der Waals surface area contributed by atoms with Gasteiger partial charge in [0.15, 0.2) is 0 Å². The van der Waals surface area contributed by atoms with E-state index in [0.29, 0.717) is 28.5 Å². The number of carbonyl (C=O) groups is 2. The molecule has 1 atom stereocenters. The van der Waals surface area contributed by atoms with Gasteiger partial charge < -0.3 is 4.74 Å². The Labute approximate surface area is 229 Å². The van der Waals surface area contributed by atoms with Gasteiger partial charge in [-0.15, -0.1) is 0 Å². The number of azo groups is 1. The van der Waals surface area contributed by atoms with Crippen LogP contribution in [0.4, 0.5) is 17.1 Å². The minimum Gasteiger partial charge on any atom is -0.497 e. The highest BCUT2D eigenvalue weighted by atomic mass is 16.5. The molecule has 1 saturated carbocycles. The van der Waals surface area contributed by atoms with Crippen molar-refractivity contribution in [3.63, 3.8) is 0 Å². The molecule has 3 aromatic carbocycles. The van der Waals surface area contributed by atoms with Crippen molar-refractivity contribution in [3.05, 3.63) is 95.0 Å². The van der Waals surface area contributed by atoms with Gasteiger partial charge in [0.1, 0.15) is 5.75 Å². The number of hydrogen-bond acceptors (Lipinski definition) is 8. The first-order valence-corrected chi connectivity index (χ1v) is 13.0. The Morgan fingerprint density at radius 3 is 2.27 bits per heavy atom. The van der Waals surface area contributed by atoms with E-state index in [-0.39, 0.29) is 30.8 Å². The molecule has 2 fully saturated rings. The molecule has 1 aliphatic carbocycles. The fraction of sp³-hybridized carbons (Fsp3) is 0.241. The van der Waals surface area contributed by atoms with Crippen LogP contribution in [-0.4, -0.2) is 41.2 Å². The van der Waals surface area contributed by atoms with Gasteiger partial charge in [0, 0.05) is 18.2 Å². The van der Waals surface area contributed by atoms with Gasteiger partial charge >= 0.3 is 11.3 Å². The smallest absolute Gasteiger partial charge is 0.431 e. The average Bonchev–Trinajstić information content (AvgIpc) is 3.71. The summed E-state index contributed by atoms with van der Waals surface area (Å²) in [5.74, 6) is 0.0775. The number of nitrogens with one attached hydrogen (secondary N) is 1. The van der Waals surface area contributed by atoms with Crippen LogP contribution in [0.15, 0.2) is 98.4 Å². The number of imide groups is 1. The van der Waals surface area contributed by atoms with Crippen LogP contribution in [0, 0.1) is 0 Å². The van der Waals surface area contributed by atoms with E-state index in [1.807, 2.05) is 35.2 Å². The Kier molecular flexibility index (Phi) is 6.79. The largest absolute Gasteiger partial charge is 0.497 e. The zero-order chi connectivity index (χ0) is 27.6. The second-order valence-electron chi connectivity index (χ2n) is 9.70. The van der Waals surface area contributed by atoms with Gasteiger partial charge in [0.25, 0.3) is 5.91 Å². The molecule has 11 nitrogen and oxygen atoms in total. The second-order valence-corrected chi connectivity index (χ2v) is 9.70. The highest BCUT2D eigenvalue weighted by molar-refractivity contribution is 6.22. The standard InChI is InChI=1S/C29H26N6O5/c1-39-24-15-13-23(14-16-24)35-26(29(38)40-32-35)18-33(21-11-12-21)25-17-27(36)34(28(25)37)22-9-7-20(8-10-22)31-30-19-5-3-2-4-6-19/h2-10,13-16,21,25H,11-12,17-18H2,1H3/p+1. The van der Waals surface area contributed by atoms with E-state index in [1.54, 1.807) is 60.3 Å². The van der Waals surface area contributed by atoms with Gasteiger partial charge in [-0.2, -0.15) is 10.2 Å². The molecule has 202 valence electrons. The monoisotopic (exact) mass is 539 g/mol. The Bertz CT molecular complexity index is 1610.